The Labute approximate surface area is 153 Å². The minimum atomic E-state index is -0.0651. The molecule has 0 radical (unpaired) electrons. The van der Waals surface area contributed by atoms with E-state index in [0.29, 0.717) is 30.4 Å². The van der Waals surface area contributed by atoms with Gasteiger partial charge in [0.15, 0.2) is 0 Å². The number of ether oxygens (including phenoxy) is 2. The van der Waals surface area contributed by atoms with E-state index in [2.05, 4.69) is 16.0 Å². The topological polar surface area (TPSA) is 64.5 Å². The van der Waals surface area contributed by atoms with Crippen LogP contribution in [0.4, 0.5) is 0 Å². The maximum atomic E-state index is 12.8. The van der Waals surface area contributed by atoms with Gasteiger partial charge in [0.2, 0.25) is 11.8 Å². The number of hydrogen-bond donors (Lipinski definition) is 0. The van der Waals surface area contributed by atoms with Gasteiger partial charge in [-0.1, -0.05) is 11.6 Å². The number of carbonyl (C=O) groups is 1. The normalized spacial score (nSPS) is 14.1. The van der Waals surface area contributed by atoms with Crippen molar-refractivity contribution in [1.29, 1.82) is 0 Å². The second-order valence-corrected chi connectivity index (χ2v) is 6.21. The van der Waals surface area contributed by atoms with Crippen LogP contribution < -0.4 is 9.47 Å². The van der Waals surface area contributed by atoms with Crippen LogP contribution in [0.25, 0.3) is 6.08 Å². The molecule has 0 aromatic carbocycles. The number of nitrogens with zero attached hydrogens (tertiary/aromatic N) is 3. The molecule has 6 nitrogen and oxygen atoms in total. The number of piperidine rings is 1. The number of aryl methyl sites for hydroxylation is 1. The number of amides is 1. The van der Waals surface area contributed by atoms with Gasteiger partial charge in [0.05, 0.1) is 19.9 Å². The van der Waals surface area contributed by atoms with E-state index in [1.165, 1.54) is 19.8 Å². The smallest absolute Gasteiger partial charge is 0.259 e. The van der Waals surface area contributed by atoms with Crippen molar-refractivity contribution in [1.82, 2.24) is 14.9 Å². The molecule has 3 heterocycles. The van der Waals surface area contributed by atoms with Gasteiger partial charge in [-0.25, -0.2) is 0 Å². The molecular formula is C20H23N3O3. The van der Waals surface area contributed by atoms with Crippen LogP contribution in [-0.2, 0) is 0 Å². The van der Waals surface area contributed by atoms with Crippen molar-refractivity contribution < 1.29 is 14.3 Å². The highest BCUT2D eigenvalue weighted by Gasteiger charge is 2.24. The van der Waals surface area contributed by atoms with Gasteiger partial charge in [-0.3, -0.25) is 9.78 Å². The zero-order chi connectivity index (χ0) is 18.5. The first-order chi connectivity index (χ1) is 12.6. The summed E-state index contributed by atoms with van der Waals surface area (Å²) in [7, 11) is 3.04. The molecule has 1 fully saturated rings. The lowest BCUT2D eigenvalue weighted by Crippen LogP contribution is -2.36. The van der Waals surface area contributed by atoms with E-state index in [0.717, 1.165) is 24.2 Å². The number of rotatable bonds is 4. The van der Waals surface area contributed by atoms with Gasteiger partial charge in [-0.15, -0.1) is 0 Å². The summed E-state index contributed by atoms with van der Waals surface area (Å²) >= 11 is 0. The quantitative estimate of drug-likeness (QED) is 0.845. The van der Waals surface area contributed by atoms with Crippen LogP contribution >= 0.6 is 0 Å². The fourth-order valence-electron chi connectivity index (χ4n) is 3.02. The van der Waals surface area contributed by atoms with Crippen LogP contribution in [0.15, 0.2) is 35.9 Å². The predicted octanol–water partition coefficient (Wildman–Crippen LogP) is 3.12. The number of carbonyl (C=O) groups excluding carboxylic acids is 1. The lowest BCUT2D eigenvalue weighted by Gasteiger charge is -2.29. The monoisotopic (exact) mass is 353 g/mol. The molecule has 0 unspecified atom stereocenters. The van der Waals surface area contributed by atoms with Gasteiger partial charge in [0.25, 0.3) is 5.91 Å². The predicted molar refractivity (Wildman–Crippen MR) is 99.4 cm³/mol. The average molecular weight is 353 g/mol. The van der Waals surface area contributed by atoms with Crippen molar-refractivity contribution in [2.24, 2.45) is 0 Å². The van der Waals surface area contributed by atoms with E-state index >= 15 is 0 Å². The second kappa shape index (κ2) is 7.99. The Bertz CT molecular complexity index is 823. The SMILES string of the molecule is COc1ccc(C(=O)N2CCC(=Cc3cccc(C)n3)CC2)c(OC)n1. The number of likely N-dealkylation sites (tertiary alicyclic amines) is 1. The van der Waals surface area contributed by atoms with Crippen LogP contribution in [0.3, 0.4) is 0 Å². The molecule has 0 spiro atoms. The lowest BCUT2D eigenvalue weighted by molar-refractivity contribution is 0.0739. The van der Waals surface area contributed by atoms with Gasteiger partial charge >= 0.3 is 0 Å². The van der Waals surface area contributed by atoms with E-state index in [4.69, 9.17) is 9.47 Å². The molecule has 2 aromatic rings. The fourth-order valence-corrected chi connectivity index (χ4v) is 3.02. The zero-order valence-electron chi connectivity index (χ0n) is 15.4. The van der Waals surface area contributed by atoms with Crippen LogP contribution in [-0.4, -0.2) is 48.1 Å². The van der Waals surface area contributed by atoms with Gasteiger partial charge in [0.1, 0.15) is 5.56 Å². The molecule has 0 N–H and O–H groups in total. The molecule has 1 amide bonds. The number of hydrogen-bond acceptors (Lipinski definition) is 5. The second-order valence-electron chi connectivity index (χ2n) is 6.21. The minimum Gasteiger partial charge on any atom is -0.481 e. The Kier molecular flexibility index (Phi) is 5.51. The molecule has 1 aliphatic rings. The molecule has 136 valence electrons. The largest absolute Gasteiger partial charge is 0.481 e. The van der Waals surface area contributed by atoms with Gasteiger partial charge < -0.3 is 14.4 Å². The molecule has 0 aliphatic carbocycles. The summed E-state index contributed by atoms with van der Waals surface area (Å²) in [6, 6.07) is 9.38. The van der Waals surface area contributed by atoms with Gasteiger partial charge in [-0.2, -0.15) is 4.98 Å². The van der Waals surface area contributed by atoms with Crippen molar-refractivity contribution in [2.75, 3.05) is 27.3 Å². The summed E-state index contributed by atoms with van der Waals surface area (Å²) in [4.78, 5) is 23.4. The summed E-state index contributed by atoms with van der Waals surface area (Å²) in [5, 5.41) is 0. The highest BCUT2D eigenvalue weighted by Crippen LogP contribution is 2.25. The van der Waals surface area contributed by atoms with E-state index in [1.54, 1.807) is 12.1 Å². The Morgan fingerprint density at radius 3 is 2.50 bits per heavy atom. The van der Waals surface area contributed by atoms with Crippen molar-refractivity contribution in [3.05, 3.63) is 52.9 Å². The maximum absolute atomic E-state index is 12.8. The Hall–Kier alpha value is -2.89. The number of pyridine rings is 2. The maximum Gasteiger partial charge on any atom is 0.259 e. The van der Waals surface area contributed by atoms with E-state index < -0.39 is 0 Å². The highest BCUT2D eigenvalue weighted by molar-refractivity contribution is 5.96. The Balaban J connectivity index is 1.69. The lowest BCUT2D eigenvalue weighted by atomic mass is 10.0. The van der Waals surface area contributed by atoms with E-state index in [-0.39, 0.29) is 5.91 Å². The summed E-state index contributed by atoms with van der Waals surface area (Å²) < 4.78 is 10.3. The molecule has 0 saturated carbocycles. The standard InChI is InChI=1S/C20H23N3O3/c1-14-5-4-6-16(21-14)13-15-9-11-23(12-10-15)20(24)17-7-8-18(25-2)22-19(17)26-3/h4-8,13H,9-12H2,1-3H3. The van der Waals surface area contributed by atoms with Crippen LogP contribution in [0.5, 0.6) is 11.8 Å². The molecule has 26 heavy (non-hydrogen) atoms. The number of aromatic nitrogens is 2. The first-order valence-electron chi connectivity index (χ1n) is 8.62. The highest BCUT2D eigenvalue weighted by atomic mass is 16.5. The van der Waals surface area contributed by atoms with Crippen LogP contribution in [0.2, 0.25) is 0 Å². The van der Waals surface area contributed by atoms with Gasteiger partial charge in [-0.05, 0) is 44.0 Å². The number of methoxy groups -OCH3 is 2. The van der Waals surface area contributed by atoms with E-state index in [9.17, 15) is 4.79 Å². The van der Waals surface area contributed by atoms with Gasteiger partial charge in [0, 0.05) is 24.8 Å². The summed E-state index contributed by atoms with van der Waals surface area (Å²) in [5.74, 6) is 0.650. The van der Waals surface area contributed by atoms with Crippen LogP contribution in [0.1, 0.15) is 34.6 Å². The van der Waals surface area contributed by atoms with Crippen molar-refractivity contribution >= 4 is 12.0 Å². The van der Waals surface area contributed by atoms with Crippen molar-refractivity contribution in [2.45, 2.75) is 19.8 Å². The molecular weight excluding hydrogens is 330 g/mol. The molecule has 1 aliphatic heterocycles. The zero-order valence-corrected chi connectivity index (χ0v) is 15.4. The first-order valence-corrected chi connectivity index (χ1v) is 8.62. The Morgan fingerprint density at radius 2 is 1.85 bits per heavy atom. The molecule has 2 aromatic heterocycles. The first kappa shape index (κ1) is 17.9. The molecule has 6 heteroatoms. The summed E-state index contributed by atoms with van der Waals surface area (Å²) in [6.45, 7) is 3.33. The molecule has 1 saturated heterocycles. The Morgan fingerprint density at radius 1 is 1.08 bits per heavy atom. The molecule has 0 bridgehead atoms. The average Bonchev–Trinajstić information content (AvgIpc) is 2.67. The van der Waals surface area contributed by atoms with E-state index in [1.807, 2.05) is 30.0 Å². The van der Waals surface area contributed by atoms with Crippen molar-refractivity contribution in [3.8, 4) is 11.8 Å². The summed E-state index contributed by atoms with van der Waals surface area (Å²) in [6.07, 6.45) is 3.81. The van der Waals surface area contributed by atoms with Crippen LogP contribution in [0, 0.1) is 6.92 Å². The minimum absolute atomic E-state index is 0.0651. The molecule has 0 atom stereocenters. The van der Waals surface area contributed by atoms with Crippen molar-refractivity contribution in [3.63, 3.8) is 0 Å². The third-order valence-electron chi connectivity index (χ3n) is 4.42. The third-order valence-corrected chi connectivity index (χ3v) is 4.42. The fraction of sp³-hybridized carbons (Fsp3) is 0.350. The third kappa shape index (κ3) is 4.02. The summed E-state index contributed by atoms with van der Waals surface area (Å²) in [5.41, 5.74) is 3.75. The molecule has 3 rings (SSSR count).